The molecular formula is C18H16ClNO3. The standard InChI is InChI=1S/C18H16ClNO3/c1-3-23-16-10-11(9-14(19)17(16)21)8-13-12-6-4-5-7-15(12)20(2)18(13)22/h4-10,21H,3H2,1-2H3/b13-8+. The molecule has 0 unspecified atom stereocenters. The number of hydrogen-bond donors (Lipinski definition) is 1. The second kappa shape index (κ2) is 5.97. The zero-order valence-corrected chi connectivity index (χ0v) is 13.6. The van der Waals surface area contributed by atoms with Crippen molar-refractivity contribution >= 4 is 34.8 Å². The Labute approximate surface area is 139 Å². The molecule has 0 bridgehead atoms. The van der Waals surface area contributed by atoms with Gasteiger partial charge in [-0.3, -0.25) is 4.79 Å². The van der Waals surface area contributed by atoms with E-state index in [2.05, 4.69) is 0 Å². The van der Waals surface area contributed by atoms with Gasteiger partial charge in [0.2, 0.25) is 0 Å². The molecule has 2 aromatic carbocycles. The first kappa shape index (κ1) is 15.4. The van der Waals surface area contributed by atoms with Crippen LogP contribution >= 0.6 is 11.6 Å². The number of ether oxygens (including phenoxy) is 1. The Hall–Kier alpha value is -2.46. The van der Waals surface area contributed by atoms with E-state index in [0.29, 0.717) is 23.5 Å². The van der Waals surface area contributed by atoms with Gasteiger partial charge >= 0.3 is 0 Å². The topological polar surface area (TPSA) is 49.8 Å². The minimum atomic E-state index is -0.0917. The van der Waals surface area contributed by atoms with E-state index in [0.717, 1.165) is 11.3 Å². The summed E-state index contributed by atoms with van der Waals surface area (Å²) in [6, 6.07) is 10.9. The maximum absolute atomic E-state index is 12.5. The number of hydrogen-bond acceptors (Lipinski definition) is 3. The fourth-order valence-electron chi connectivity index (χ4n) is 2.65. The van der Waals surface area contributed by atoms with Gasteiger partial charge in [-0.05, 0) is 36.8 Å². The first-order valence-electron chi connectivity index (χ1n) is 7.27. The molecule has 118 valence electrons. The summed E-state index contributed by atoms with van der Waals surface area (Å²) in [5, 5.41) is 10.1. The van der Waals surface area contributed by atoms with Crippen molar-refractivity contribution in [3.63, 3.8) is 0 Å². The van der Waals surface area contributed by atoms with Gasteiger partial charge < -0.3 is 14.7 Å². The number of carbonyl (C=O) groups is 1. The van der Waals surface area contributed by atoms with E-state index in [9.17, 15) is 9.90 Å². The molecule has 0 atom stereocenters. The van der Waals surface area contributed by atoms with Crippen molar-refractivity contribution in [1.82, 2.24) is 0 Å². The summed E-state index contributed by atoms with van der Waals surface area (Å²) in [4.78, 5) is 14.1. The van der Waals surface area contributed by atoms with E-state index in [-0.39, 0.29) is 16.7 Å². The molecule has 23 heavy (non-hydrogen) atoms. The molecular weight excluding hydrogens is 314 g/mol. The van der Waals surface area contributed by atoms with Crippen LogP contribution in [0.3, 0.4) is 0 Å². The van der Waals surface area contributed by atoms with E-state index < -0.39 is 0 Å². The molecule has 4 nitrogen and oxygen atoms in total. The van der Waals surface area contributed by atoms with Crippen LogP contribution in [0.2, 0.25) is 5.02 Å². The Morgan fingerprint density at radius 2 is 2.04 bits per heavy atom. The summed E-state index contributed by atoms with van der Waals surface area (Å²) >= 11 is 6.05. The summed E-state index contributed by atoms with van der Waals surface area (Å²) in [6.45, 7) is 2.23. The lowest BCUT2D eigenvalue weighted by atomic mass is 10.0. The largest absolute Gasteiger partial charge is 0.503 e. The zero-order chi connectivity index (χ0) is 16.6. The molecule has 1 aliphatic heterocycles. The number of para-hydroxylation sites is 1. The highest BCUT2D eigenvalue weighted by Crippen LogP contribution is 2.39. The molecule has 0 radical (unpaired) electrons. The lowest BCUT2D eigenvalue weighted by molar-refractivity contribution is -0.112. The number of phenols is 1. The van der Waals surface area contributed by atoms with Crippen LogP contribution in [0.4, 0.5) is 5.69 Å². The molecule has 0 aromatic heterocycles. The predicted molar refractivity (Wildman–Crippen MR) is 92.0 cm³/mol. The van der Waals surface area contributed by atoms with Gasteiger partial charge in [-0.1, -0.05) is 29.8 Å². The van der Waals surface area contributed by atoms with Crippen LogP contribution in [0.5, 0.6) is 11.5 Å². The normalized spacial score (nSPS) is 15.2. The predicted octanol–water partition coefficient (Wildman–Crippen LogP) is 3.96. The quantitative estimate of drug-likeness (QED) is 0.867. The Morgan fingerprint density at radius 1 is 1.30 bits per heavy atom. The van der Waals surface area contributed by atoms with Crippen molar-refractivity contribution in [2.75, 3.05) is 18.6 Å². The number of rotatable bonds is 3. The van der Waals surface area contributed by atoms with Crippen molar-refractivity contribution in [2.45, 2.75) is 6.92 Å². The molecule has 1 amide bonds. The smallest absolute Gasteiger partial charge is 0.258 e. The average Bonchev–Trinajstić information content (AvgIpc) is 2.78. The Morgan fingerprint density at radius 3 is 2.78 bits per heavy atom. The van der Waals surface area contributed by atoms with Crippen LogP contribution in [0.15, 0.2) is 36.4 Å². The molecule has 0 saturated heterocycles. The molecule has 2 aromatic rings. The zero-order valence-electron chi connectivity index (χ0n) is 12.8. The molecule has 1 N–H and O–H groups in total. The van der Waals surface area contributed by atoms with Gasteiger partial charge in [0.15, 0.2) is 11.5 Å². The number of likely N-dealkylation sites (N-methyl/N-ethyl adjacent to an activating group) is 1. The maximum Gasteiger partial charge on any atom is 0.258 e. The van der Waals surface area contributed by atoms with Crippen LogP contribution in [0.25, 0.3) is 11.6 Å². The van der Waals surface area contributed by atoms with E-state index in [1.54, 1.807) is 30.2 Å². The van der Waals surface area contributed by atoms with E-state index in [1.807, 2.05) is 31.2 Å². The average molecular weight is 330 g/mol. The second-order valence-corrected chi connectivity index (χ2v) is 5.63. The van der Waals surface area contributed by atoms with Gasteiger partial charge in [-0.2, -0.15) is 0 Å². The summed E-state index contributed by atoms with van der Waals surface area (Å²) in [7, 11) is 1.75. The molecule has 0 aliphatic carbocycles. The van der Waals surface area contributed by atoms with Crippen LogP contribution in [0, 0.1) is 0 Å². The number of amides is 1. The van der Waals surface area contributed by atoms with Crippen LogP contribution < -0.4 is 9.64 Å². The first-order chi connectivity index (χ1) is 11.0. The van der Waals surface area contributed by atoms with Crippen molar-refractivity contribution in [3.05, 3.63) is 52.5 Å². The highest BCUT2D eigenvalue weighted by atomic mass is 35.5. The summed E-state index contributed by atoms with van der Waals surface area (Å²) in [6.07, 6.45) is 1.76. The SMILES string of the molecule is CCOc1cc(/C=C2/C(=O)N(C)c3ccccc32)cc(Cl)c1O. The number of phenolic OH excluding ortho intramolecular Hbond substituents is 1. The highest BCUT2D eigenvalue weighted by Gasteiger charge is 2.29. The summed E-state index contributed by atoms with van der Waals surface area (Å²) in [5.41, 5.74) is 3.04. The van der Waals surface area contributed by atoms with Gasteiger partial charge in [0.1, 0.15) is 0 Å². The number of benzene rings is 2. The fraction of sp³-hybridized carbons (Fsp3) is 0.167. The summed E-state index contributed by atoms with van der Waals surface area (Å²) < 4.78 is 5.38. The Bertz CT molecular complexity index is 814. The third kappa shape index (κ3) is 2.66. The van der Waals surface area contributed by atoms with E-state index in [4.69, 9.17) is 16.3 Å². The molecule has 1 aliphatic rings. The molecule has 0 spiro atoms. The van der Waals surface area contributed by atoms with Gasteiger partial charge in [0.25, 0.3) is 5.91 Å². The first-order valence-corrected chi connectivity index (χ1v) is 7.65. The Kier molecular flexibility index (Phi) is 4.01. The maximum atomic E-state index is 12.5. The van der Waals surface area contributed by atoms with Crippen LogP contribution in [-0.4, -0.2) is 24.7 Å². The minimum absolute atomic E-state index is 0.0756. The molecule has 3 rings (SSSR count). The fourth-order valence-corrected chi connectivity index (χ4v) is 2.87. The number of nitrogens with zero attached hydrogens (tertiary/aromatic N) is 1. The lowest BCUT2D eigenvalue weighted by Crippen LogP contribution is -2.20. The van der Waals surface area contributed by atoms with E-state index >= 15 is 0 Å². The number of fused-ring (bicyclic) bond motifs is 1. The van der Waals surface area contributed by atoms with Crippen molar-refractivity contribution < 1.29 is 14.6 Å². The second-order valence-electron chi connectivity index (χ2n) is 5.22. The van der Waals surface area contributed by atoms with Gasteiger partial charge in [0, 0.05) is 18.2 Å². The molecule has 1 heterocycles. The van der Waals surface area contributed by atoms with Crippen LogP contribution in [-0.2, 0) is 4.79 Å². The number of anilines is 1. The number of aromatic hydroxyl groups is 1. The Balaban J connectivity index is 2.10. The molecule has 0 saturated carbocycles. The summed E-state index contributed by atoms with van der Waals surface area (Å²) in [5.74, 6) is 0.137. The van der Waals surface area contributed by atoms with Crippen LogP contribution in [0.1, 0.15) is 18.1 Å². The van der Waals surface area contributed by atoms with Gasteiger partial charge in [-0.15, -0.1) is 0 Å². The number of halogens is 1. The van der Waals surface area contributed by atoms with Gasteiger partial charge in [0.05, 0.1) is 17.3 Å². The van der Waals surface area contributed by atoms with Crippen molar-refractivity contribution in [2.24, 2.45) is 0 Å². The van der Waals surface area contributed by atoms with Crippen molar-refractivity contribution in [1.29, 1.82) is 0 Å². The third-order valence-electron chi connectivity index (χ3n) is 3.75. The lowest BCUT2D eigenvalue weighted by Gasteiger charge is -2.09. The monoisotopic (exact) mass is 329 g/mol. The molecule has 0 fully saturated rings. The highest BCUT2D eigenvalue weighted by molar-refractivity contribution is 6.36. The van der Waals surface area contributed by atoms with E-state index in [1.165, 1.54) is 0 Å². The minimum Gasteiger partial charge on any atom is -0.503 e. The third-order valence-corrected chi connectivity index (χ3v) is 4.04. The molecule has 5 heteroatoms. The van der Waals surface area contributed by atoms with Crippen molar-refractivity contribution in [3.8, 4) is 11.5 Å². The van der Waals surface area contributed by atoms with Gasteiger partial charge in [-0.25, -0.2) is 0 Å². The number of carbonyl (C=O) groups excluding carboxylic acids is 1.